The number of aliphatic hydroxyl groups excluding tert-OH is 1. The smallest absolute Gasteiger partial charge is 0.283 e. The van der Waals surface area contributed by atoms with Gasteiger partial charge in [0, 0.05) is 59.4 Å². The Labute approximate surface area is 218 Å². The van der Waals surface area contributed by atoms with Gasteiger partial charge in [-0.2, -0.15) is 0 Å². The fourth-order valence-corrected chi connectivity index (χ4v) is 6.07. The lowest BCUT2D eigenvalue weighted by molar-refractivity contribution is -0.0828. The molecule has 206 valence electrons. The summed E-state index contributed by atoms with van der Waals surface area (Å²) in [5.74, 6) is -5.13. The summed E-state index contributed by atoms with van der Waals surface area (Å²) in [4.78, 5) is 6.68. The quantitative estimate of drug-likeness (QED) is 0.329. The Hall–Kier alpha value is -2.69. The van der Waals surface area contributed by atoms with Gasteiger partial charge in [0.1, 0.15) is 18.2 Å². The average Bonchev–Trinajstić information content (AvgIpc) is 3.22. The molecule has 3 heterocycles. The Morgan fingerprint density at radius 1 is 1.13 bits per heavy atom. The van der Waals surface area contributed by atoms with Crippen LogP contribution >= 0.6 is 0 Å². The molecule has 0 spiro atoms. The molecule has 0 amide bonds. The molecule has 1 unspecified atom stereocenters. The van der Waals surface area contributed by atoms with Crippen molar-refractivity contribution in [3.63, 3.8) is 0 Å². The number of fused-ring (bicyclic) bond motifs is 3. The van der Waals surface area contributed by atoms with Crippen molar-refractivity contribution < 1.29 is 27.1 Å². The first kappa shape index (κ1) is 26.9. The molecular formula is C28H33F5N4O. The second kappa shape index (κ2) is 10.1. The summed E-state index contributed by atoms with van der Waals surface area (Å²) in [6, 6.07) is 8.71. The number of H-pyrrole nitrogens is 1. The predicted molar refractivity (Wildman–Crippen MR) is 138 cm³/mol. The number of likely N-dealkylation sites (tertiary alicyclic amines) is 1. The Bertz CT molecular complexity index is 1280. The molecule has 1 aromatic heterocycles. The third-order valence-corrected chi connectivity index (χ3v) is 7.60. The summed E-state index contributed by atoms with van der Waals surface area (Å²) < 4.78 is 72.8. The first-order valence-electron chi connectivity index (χ1n) is 12.9. The van der Waals surface area contributed by atoms with Crippen LogP contribution in [0.25, 0.3) is 10.9 Å². The molecule has 1 fully saturated rings. The van der Waals surface area contributed by atoms with Gasteiger partial charge in [-0.05, 0) is 30.2 Å². The molecule has 0 radical (unpaired) electrons. The number of halogens is 5. The van der Waals surface area contributed by atoms with E-state index in [2.05, 4.69) is 15.2 Å². The van der Waals surface area contributed by atoms with E-state index in [4.69, 9.17) is 0 Å². The molecule has 1 atom stereocenters. The third-order valence-electron chi connectivity index (χ3n) is 7.60. The van der Waals surface area contributed by atoms with Crippen LogP contribution in [0.3, 0.4) is 0 Å². The van der Waals surface area contributed by atoms with E-state index in [1.54, 1.807) is 0 Å². The fourth-order valence-electron chi connectivity index (χ4n) is 6.07. The minimum atomic E-state index is -3.45. The van der Waals surface area contributed by atoms with Crippen molar-refractivity contribution in [1.82, 2.24) is 14.8 Å². The first-order valence-corrected chi connectivity index (χ1v) is 12.9. The van der Waals surface area contributed by atoms with Crippen molar-refractivity contribution >= 4 is 16.6 Å². The van der Waals surface area contributed by atoms with E-state index in [9.17, 15) is 18.3 Å². The number of benzene rings is 2. The highest BCUT2D eigenvalue weighted by atomic mass is 19.3. The zero-order valence-corrected chi connectivity index (χ0v) is 21.5. The lowest BCUT2D eigenvalue weighted by Gasteiger charge is -2.45. The van der Waals surface area contributed by atoms with Crippen molar-refractivity contribution in [3.8, 4) is 0 Å². The van der Waals surface area contributed by atoms with Gasteiger partial charge in [-0.3, -0.25) is 14.2 Å². The number of nitrogens with one attached hydrogen (secondary N) is 2. The lowest BCUT2D eigenvalue weighted by Crippen LogP contribution is -2.54. The molecule has 38 heavy (non-hydrogen) atoms. The molecule has 0 saturated carbocycles. The normalized spacial score (nSPS) is 20.5. The standard InChI is InChI=1S/C28H33F5N4O/c1-27(2)14-37(15-28(32,33)16-38)26(25-24(27)19-6-3-4-7-22(19)35-25)23-20(30)10-17(11-21(23)31)34-18-12-36(13-18)9-5-8-29/h3-4,6-7,10-11,18,26,34-35,38H,5,8-9,12-16H2,1-2H3. The summed E-state index contributed by atoms with van der Waals surface area (Å²) in [5.41, 5.74) is 1.41. The minimum absolute atomic E-state index is 0.0187. The van der Waals surface area contributed by atoms with E-state index >= 15 is 8.78 Å². The van der Waals surface area contributed by atoms with E-state index in [1.807, 2.05) is 38.1 Å². The maximum atomic E-state index is 15.7. The summed E-state index contributed by atoms with van der Waals surface area (Å²) in [7, 11) is 0. The number of alkyl halides is 3. The first-order chi connectivity index (χ1) is 18.0. The monoisotopic (exact) mass is 536 g/mol. The summed E-state index contributed by atoms with van der Waals surface area (Å²) in [6.07, 6.45) is 0.449. The summed E-state index contributed by atoms with van der Waals surface area (Å²) in [5, 5.41) is 13.3. The number of para-hydroxylation sites is 1. The van der Waals surface area contributed by atoms with E-state index in [1.165, 1.54) is 17.0 Å². The Morgan fingerprint density at radius 2 is 1.82 bits per heavy atom. The van der Waals surface area contributed by atoms with Crippen LogP contribution in [-0.2, 0) is 5.41 Å². The van der Waals surface area contributed by atoms with Gasteiger partial charge < -0.3 is 15.4 Å². The number of aromatic nitrogens is 1. The molecule has 10 heteroatoms. The van der Waals surface area contributed by atoms with Gasteiger partial charge in [0.15, 0.2) is 0 Å². The van der Waals surface area contributed by atoms with Crippen LogP contribution in [0.4, 0.5) is 27.6 Å². The van der Waals surface area contributed by atoms with Gasteiger partial charge in [-0.1, -0.05) is 32.0 Å². The molecule has 5 nitrogen and oxygen atoms in total. The number of rotatable bonds is 9. The van der Waals surface area contributed by atoms with Crippen molar-refractivity contribution in [1.29, 1.82) is 0 Å². The Kier molecular flexibility index (Phi) is 7.17. The van der Waals surface area contributed by atoms with Crippen LogP contribution < -0.4 is 5.32 Å². The Morgan fingerprint density at radius 3 is 2.47 bits per heavy atom. The highest BCUT2D eigenvalue weighted by molar-refractivity contribution is 5.86. The molecule has 3 aromatic rings. The average molecular weight is 537 g/mol. The molecule has 2 aromatic carbocycles. The fraction of sp³-hybridized carbons (Fsp3) is 0.500. The van der Waals surface area contributed by atoms with Crippen molar-refractivity contribution in [2.24, 2.45) is 0 Å². The maximum absolute atomic E-state index is 15.7. The van der Waals surface area contributed by atoms with Gasteiger partial charge >= 0.3 is 0 Å². The highest BCUT2D eigenvalue weighted by Gasteiger charge is 2.46. The van der Waals surface area contributed by atoms with E-state index in [0.29, 0.717) is 31.7 Å². The second-order valence-corrected chi connectivity index (χ2v) is 11.2. The minimum Gasteiger partial charge on any atom is -0.390 e. The molecule has 3 N–H and O–H groups in total. The molecule has 0 bridgehead atoms. The van der Waals surface area contributed by atoms with Gasteiger partial charge in [0.25, 0.3) is 5.92 Å². The van der Waals surface area contributed by atoms with Crippen LogP contribution in [0, 0.1) is 11.6 Å². The third kappa shape index (κ3) is 5.01. The Balaban J connectivity index is 1.53. The largest absolute Gasteiger partial charge is 0.390 e. The number of aliphatic hydroxyl groups is 1. The number of anilines is 1. The van der Waals surface area contributed by atoms with Gasteiger partial charge in [-0.25, -0.2) is 17.6 Å². The molecule has 2 aliphatic heterocycles. The lowest BCUT2D eigenvalue weighted by atomic mass is 9.76. The van der Waals surface area contributed by atoms with Crippen molar-refractivity contribution in [2.45, 2.75) is 43.7 Å². The molecule has 1 saturated heterocycles. The van der Waals surface area contributed by atoms with Crippen LogP contribution in [0.1, 0.15) is 43.1 Å². The molecular weight excluding hydrogens is 503 g/mol. The zero-order chi connectivity index (χ0) is 27.2. The van der Waals surface area contributed by atoms with E-state index in [-0.39, 0.29) is 30.5 Å². The number of nitrogens with zero attached hydrogens (tertiary/aromatic N) is 2. The number of hydrogen-bond donors (Lipinski definition) is 3. The van der Waals surface area contributed by atoms with Crippen molar-refractivity contribution in [3.05, 3.63) is 64.9 Å². The van der Waals surface area contributed by atoms with Gasteiger partial charge in [-0.15, -0.1) is 0 Å². The maximum Gasteiger partial charge on any atom is 0.283 e. The van der Waals surface area contributed by atoms with Crippen LogP contribution in [0.2, 0.25) is 0 Å². The predicted octanol–water partition coefficient (Wildman–Crippen LogP) is 5.21. The van der Waals surface area contributed by atoms with E-state index < -0.39 is 42.2 Å². The molecule has 2 aliphatic rings. The summed E-state index contributed by atoms with van der Waals surface area (Å²) in [6.45, 7) is 3.26. The number of aromatic amines is 1. The molecule has 0 aliphatic carbocycles. The second-order valence-electron chi connectivity index (χ2n) is 11.2. The summed E-state index contributed by atoms with van der Waals surface area (Å²) >= 11 is 0. The van der Waals surface area contributed by atoms with Crippen molar-refractivity contribution in [2.75, 3.05) is 51.3 Å². The van der Waals surface area contributed by atoms with Crippen LogP contribution in [0.5, 0.6) is 0 Å². The topological polar surface area (TPSA) is 54.5 Å². The highest BCUT2D eigenvalue weighted by Crippen LogP contribution is 2.47. The SMILES string of the molecule is CC1(C)CN(CC(F)(F)CO)C(c2c(F)cc(NC3CN(CCCF)C3)cc2F)c2[nH]c3ccccc3c21. The van der Waals surface area contributed by atoms with E-state index in [0.717, 1.165) is 16.5 Å². The van der Waals surface area contributed by atoms with Crippen LogP contribution in [0.15, 0.2) is 36.4 Å². The number of hydrogen-bond acceptors (Lipinski definition) is 4. The zero-order valence-electron chi connectivity index (χ0n) is 21.5. The van der Waals surface area contributed by atoms with Crippen LogP contribution in [-0.4, -0.2) is 77.9 Å². The van der Waals surface area contributed by atoms with Gasteiger partial charge in [0.2, 0.25) is 0 Å². The molecule has 5 rings (SSSR count). The van der Waals surface area contributed by atoms with Gasteiger partial charge in [0.05, 0.1) is 25.3 Å².